The SMILES string of the molecule is O=C1CCc2cc(OC(=O)/C=C/c3ccc(Cl)cc3Cl)ccc2N1. The molecule has 1 aliphatic heterocycles. The van der Waals surface area contributed by atoms with Crippen LogP contribution >= 0.6 is 23.2 Å². The number of hydrogen-bond donors (Lipinski definition) is 1. The van der Waals surface area contributed by atoms with E-state index in [0.29, 0.717) is 34.2 Å². The molecule has 0 aromatic heterocycles. The molecule has 0 saturated carbocycles. The molecule has 3 rings (SSSR count). The summed E-state index contributed by atoms with van der Waals surface area (Å²) in [6, 6.07) is 10.1. The van der Waals surface area contributed by atoms with Gasteiger partial charge in [0.25, 0.3) is 0 Å². The highest BCUT2D eigenvalue weighted by Crippen LogP contribution is 2.27. The summed E-state index contributed by atoms with van der Waals surface area (Å²) in [6.07, 6.45) is 3.93. The molecule has 0 unspecified atom stereocenters. The zero-order chi connectivity index (χ0) is 17.1. The lowest BCUT2D eigenvalue weighted by molar-refractivity contribution is -0.129. The number of amides is 1. The molecule has 6 heteroatoms. The molecule has 2 aromatic rings. The molecule has 122 valence electrons. The Morgan fingerprint density at radius 2 is 1.96 bits per heavy atom. The minimum absolute atomic E-state index is 0.00461. The van der Waals surface area contributed by atoms with Crippen molar-refractivity contribution >= 4 is 46.8 Å². The van der Waals surface area contributed by atoms with Crippen LogP contribution in [-0.2, 0) is 16.0 Å². The number of hydrogen-bond acceptors (Lipinski definition) is 3. The van der Waals surface area contributed by atoms with Crippen LogP contribution in [0.4, 0.5) is 5.69 Å². The molecule has 1 amide bonds. The van der Waals surface area contributed by atoms with Crippen LogP contribution in [-0.4, -0.2) is 11.9 Å². The molecule has 1 heterocycles. The molecule has 0 saturated heterocycles. The van der Waals surface area contributed by atoms with Gasteiger partial charge in [0.05, 0.1) is 0 Å². The topological polar surface area (TPSA) is 55.4 Å². The lowest BCUT2D eigenvalue weighted by Crippen LogP contribution is -2.19. The fourth-order valence-electron chi connectivity index (χ4n) is 2.37. The van der Waals surface area contributed by atoms with E-state index in [9.17, 15) is 9.59 Å². The van der Waals surface area contributed by atoms with E-state index in [4.69, 9.17) is 27.9 Å². The third kappa shape index (κ3) is 3.96. The zero-order valence-corrected chi connectivity index (χ0v) is 14.0. The fourth-order valence-corrected chi connectivity index (χ4v) is 2.84. The van der Waals surface area contributed by atoms with E-state index in [1.807, 2.05) is 0 Å². The second-order valence-corrected chi connectivity index (χ2v) is 6.13. The summed E-state index contributed by atoms with van der Waals surface area (Å²) in [5, 5.41) is 3.76. The van der Waals surface area contributed by atoms with Gasteiger partial charge in [0, 0.05) is 28.2 Å². The minimum Gasteiger partial charge on any atom is -0.423 e. The van der Waals surface area contributed by atoms with E-state index in [2.05, 4.69) is 5.32 Å². The van der Waals surface area contributed by atoms with E-state index in [1.54, 1.807) is 42.5 Å². The van der Waals surface area contributed by atoms with Gasteiger partial charge in [-0.15, -0.1) is 0 Å². The molecule has 0 bridgehead atoms. The summed E-state index contributed by atoms with van der Waals surface area (Å²) >= 11 is 11.9. The standard InChI is InChI=1S/C18H13Cl2NO3/c19-13-4-1-11(15(20)10-13)3-8-18(23)24-14-5-6-16-12(9-14)2-7-17(22)21-16/h1,3-6,8-10H,2,7H2,(H,21,22)/b8-3+. The predicted octanol–water partition coefficient (Wildman–Crippen LogP) is 4.50. The maximum absolute atomic E-state index is 11.9. The number of ether oxygens (including phenoxy) is 1. The van der Waals surface area contributed by atoms with Gasteiger partial charge < -0.3 is 10.1 Å². The summed E-state index contributed by atoms with van der Waals surface area (Å²) in [4.78, 5) is 23.3. The fraction of sp³-hybridized carbons (Fsp3) is 0.111. The van der Waals surface area contributed by atoms with E-state index in [0.717, 1.165) is 11.3 Å². The van der Waals surface area contributed by atoms with Gasteiger partial charge >= 0.3 is 5.97 Å². The summed E-state index contributed by atoms with van der Waals surface area (Å²) in [7, 11) is 0. The summed E-state index contributed by atoms with van der Waals surface area (Å²) in [5.41, 5.74) is 2.38. The summed E-state index contributed by atoms with van der Waals surface area (Å²) in [5.74, 6) is -0.0856. The first-order chi connectivity index (χ1) is 11.5. The monoisotopic (exact) mass is 361 g/mol. The molecule has 1 N–H and O–H groups in total. The lowest BCUT2D eigenvalue weighted by Gasteiger charge is -2.17. The van der Waals surface area contributed by atoms with Crippen molar-refractivity contribution in [3.8, 4) is 5.75 Å². The van der Waals surface area contributed by atoms with Crippen molar-refractivity contribution in [1.29, 1.82) is 0 Å². The number of rotatable bonds is 3. The van der Waals surface area contributed by atoms with Crippen LogP contribution in [0.15, 0.2) is 42.5 Å². The van der Waals surface area contributed by atoms with Crippen molar-refractivity contribution in [3.05, 3.63) is 63.6 Å². The third-order valence-corrected chi connectivity index (χ3v) is 4.11. The number of nitrogens with one attached hydrogen (secondary N) is 1. The van der Waals surface area contributed by atoms with Crippen LogP contribution in [0.3, 0.4) is 0 Å². The molecule has 24 heavy (non-hydrogen) atoms. The number of carbonyl (C=O) groups is 2. The minimum atomic E-state index is -0.513. The first-order valence-corrected chi connectivity index (χ1v) is 8.04. The summed E-state index contributed by atoms with van der Waals surface area (Å²) in [6.45, 7) is 0. The highest BCUT2D eigenvalue weighted by atomic mass is 35.5. The molecule has 2 aromatic carbocycles. The van der Waals surface area contributed by atoms with Gasteiger partial charge in [-0.05, 0) is 54.0 Å². The molecule has 0 fully saturated rings. The molecular weight excluding hydrogens is 349 g/mol. The second-order valence-electron chi connectivity index (χ2n) is 5.29. The van der Waals surface area contributed by atoms with Gasteiger partial charge in [0.2, 0.25) is 5.91 Å². The number of anilines is 1. The normalized spacial score (nSPS) is 13.5. The molecule has 0 spiro atoms. The molecule has 4 nitrogen and oxygen atoms in total. The predicted molar refractivity (Wildman–Crippen MR) is 94.5 cm³/mol. The average molecular weight is 362 g/mol. The molecular formula is C18H13Cl2NO3. The van der Waals surface area contributed by atoms with Gasteiger partial charge in [-0.25, -0.2) is 4.79 Å². The van der Waals surface area contributed by atoms with Gasteiger partial charge in [-0.3, -0.25) is 4.79 Å². The number of benzene rings is 2. The van der Waals surface area contributed by atoms with Crippen LogP contribution in [0.5, 0.6) is 5.75 Å². The third-order valence-electron chi connectivity index (χ3n) is 3.55. The quantitative estimate of drug-likeness (QED) is 0.497. The Morgan fingerprint density at radius 1 is 1.12 bits per heavy atom. The van der Waals surface area contributed by atoms with Gasteiger partial charge in [-0.1, -0.05) is 29.3 Å². The highest BCUT2D eigenvalue weighted by Gasteiger charge is 2.15. The van der Waals surface area contributed by atoms with E-state index in [1.165, 1.54) is 6.08 Å². The number of aryl methyl sites for hydroxylation is 1. The number of carbonyl (C=O) groups excluding carboxylic acids is 2. The van der Waals surface area contributed by atoms with Crippen molar-refractivity contribution in [3.63, 3.8) is 0 Å². The zero-order valence-electron chi connectivity index (χ0n) is 12.5. The van der Waals surface area contributed by atoms with Crippen LogP contribution in [0.1, 0.15) is 17.5 Å². The maximum atomic E-state index is 11.9. The molecule has 0 atom stereocenters. The maximum Gasteiger partial charge on any atom is 0.336 e. The highest BCUT2D eigenvalue weighted by molar-refractivity contribution is 6.35. The van der Waals surface area contributed by atoms with Gasteiger partial charge in [0.1, 0.15) is 5.75 Å². The Balaban J connectivity index is 1.69. The Morgan fingerprint density at radius 3 is 2.75 bits per heavy atom. The largest absolute Gasteiger partial charge is 0.423 e. The van der Waals surface area contributed by atoms with E-state index >= 15 is 0 Å². The van der Waals surface area contributed by atoms with Gasteiger partial charge in [0.15, 0.2) is 0 Å². The Labute approximate surface area is 149 Å². The van der Waals surface area contributed by atoms with Crippen molar-refractivity contribution in [1.82, 2.24) is 0 Å². The smallest absolute Gasteiger partial charge is 0.336 e. The number of fused-ring (bicyclic) bond motifs is 1. The van der Waals surface area contributed by atoms with Gasteiger partial charge in [-0.2, -0.15) is 0 Å². The Kier molecular flexibility index (Phi) is 4.88. The van der Waals surface area contributed by atoms with E-state index in [-0.39, 0.29) is 5.91 Å². The second kappa shape index (κ2) is 7.07. The van der Waals surface area contributed by atoms with Crippen LogP contribution in [0, 0.1) is 0 Å². The van der Waals surface area contributed by atoms with E-state index < -0.39 is 5.97 Å². The van der Waals surface area contributed by atoms with Crippen molar-refractivity contribution in [2.45, 2.75) is 12.8 Å². The first kappa shape index (κ1) is 16.6. The Bertz CT molecular complexity index is 846. The number of esters is 1. The average Bonchev–Trinajstić information content (AvgIpc) is 2.54. The molecule has 0 aliphatic carbocycles. The summed E-state index contributed by atoms with van der Waals surface area (Å²) < 4.78 is 5.29. The van der Waals surface area contributed by atoms with Crippen molar-refractivity contribution in [2.24, 2.45) is 0 Å². The first-order valence-electron chi connectivity index (χ1n) is 7.29. The number of halogens is 2. The van der Waals surface area contributed by atoms with Crippen molar-refractivity contribution < 1.29 is 14.3 Å². The molecule has 1 aliphatic rings. The Hall–Kier alpha value is -2.30. The van der Waals surface area contributed by atoms with Crippen molar-refractivity contribution in [2.75, 3.05) is 5.32 Å². The van der Waals surface area contributed by atoms with Crippen LogP contribution in [0.25, 0.3) is 6.08 Å². The van der Waals surface area contributed by atoms with Crippen LogP contribution in [0.2, 0.25) is 10.0 Å². The molecule has 0 radical (unpaired) electrons. The lowest BCUT2D eigenvalue weighted by atomic mass is 10.0. The van der Waals surface area contributed by atoms with Crippen LogP contribution < -0.4 is 10.1 Å².